The van der Waals surface area contributed by atoms with E-state index in [1.54, 1.807) is 31.3 Å². The van der Waals surface area contributed by atoms with Gasteiger partial charge in [0.2, 0.25) is 5.91 Å². The summed E-state index contributed by atoms with van der Waals surface area (Å²) in [4.78, 5) is 23.6. The smallest absolute Gasteiger partial charge is 0.251 e. The third kappa shape index (κ3) is 3.95. The van der Waals surface area contributed by atoms with Gasteiger partial charge in [0.15, 0.2) is 0 Å². The van der Waals surface area contributed by atoms with Crippen molar-refractivity contribution in [1.29, 1.82) is 0 Å². The number of carbonyl (C=O) groups excluding carboxylic acids is 2. The van der Waals surface area contributed by atoms with E-state index in [1.165, 1.54) is 0 Å². The summed E-state index contributed by atoms with van der Waals surface area (Å²) in [7, 11) is 1.58. The van der Waals surface area contributed by atoms with Crippen molar-refractivity contribution >= 4 is 34.0 Å². The van der Waals surface area contributed by atoms with Gasteiger partial charge in [0.1, 0.15) is 0 Å². The van der Waals surface area contributed by atoms with Crippen LogP contribution in [0.5, 0.6) is 0 Å². The van der Waals surface area contributed by atoms with Crippen LogP contribution in [0.25, 0.3) is 10.8 Å². The maximum absolute atomic E-state index is 12.1. The van der Waals surface area contributed by atoms with Crippen molar-refractivity contribution in [2.45, 2.75) is 0 Å². The monoisotopic (exact) mass is 333 g/mol. The van der Waals surface area contributed by atoms with Gasteiger partial charge in [0, 0.05) is 29.4 Å². The van der Waals surface area contributed by atoms with Crippen LogP contribution in [0.3, 0.4) is 0 Å². The lowest BCUT2D eigenvalue weighted by Crippen LogP contribution is -2.22. The van der Waals surface area contributed by atoms with Gasteiger partial charge in [-0.2, -0.15) is 0 Å². The molecule has 0 aromatic heterocycles. The molecule has 0 heterocycles. The minimum atomic E-state index is -0.157. The number of carbonyl (C=O) groups is 2. The molecule has 0 aliphatic rings. The Balaban J connectivity index is 1.62. The molecule has 3 rings (SSSR count). The normalized spacial score (nSPS) is 10.3. The van der Waals surface area contributed by atoms with Gasteiger partial charge in [-0.15, -0.1) is 0 Å². The third-order valence-electron chi connectivity index (χ3n) is 3.89. The van der Waals surface area contributed by atoms with Crippen molar-refractivity contribution in [2.24, 2.45) is 0 Å². The summed E-state index contributed by atoms with van der Waals surface area (Å²) in [5.41, 5.74) is 2.12. The molecule has 0 atom stereocenters. The molecule has 3 aromatic carbocycles. The molecule has 0 fully saturated rings. The number of amides is 2. The fourth-order valence-corrected chi connectivity index (χ4v) is 2.61. The van der Waals surface area contributed by atoms with E-state index in [0.29, 0.717) is 11.3 Å². The first-order chi connectivity index (χ1) is 12.2. The van der Waals surface area contributed by atoms with E-state index in [1.807, 2.05) is 42.5 Å². The molecule has 0 unspecified atom stereocenters. The molecule has 5 nitrogen and oxygen atoms in total. The van der Waals surface area contributed by atoms with E-state index in [4.69, 9.17) is 0 Å². The summed E-state index contributed by atoms with van der Waals surface area (Å²) in [6, 6.07) is 20.7. The molecule has 126 valence electrons. The standard InChI is InChI=1S/C20H19N3O2/c1-21-20(25)15-9-11-16(12-10-15)23-19(24)13-22-18-8-4-6-14-5-2-3-7-17(14)18/h2-12,22H,13H2,1H3,(H,21,25)(H,23,24). The van der Waals surface area contributed by atoms with Crippen LogP contribution in [0, 0.1) is 0 Å². The average Bonchev–Trinajstić information content (AvgIpc) is 2.66. The topological polar surface area (TPSA) is 70.2 Å². The Morgan fingerprint density at radius 1 is 0.880 bits per heavy atom. The van der Waals surface area contributed by atoms with E-state index in [9.17, 15) is 9.59 Å². The van der Waals surface area contributed by atoms with Crippen LogP contribution in [0.15, 0.2) is 66.7 Å². The van der Waals surface area contributed by atoms with Crippen molar-refractivity contribution < 1.29 is 9.59 Å². The van der Waals surface area contributed by atoms with Gasteiger partial charge < -0.3 is 16.0 Å². The molecule has 0 bridgehead atoms. The number of nitrogens with one attached hydrogen (secondary N) is 3. The Morgan fingerprint density at radius 3 is 2.36 bits per heavy atom. The highest BCUT2D eigenvalue weighted by molar-refractivity contribution is 5.98. The molecule has 25 heavy (non-hydrogen) atoms. The Morgan fingerprint density at radius 2 is 1.60 bits per heavy atom. The van der Waals surface area contributed by atoms with Gasteiger partial charge in [0.25, 0.3) is 5.91 Å². The Labute approximate surface area is 146 Å². The molecular formula is C20H19N3O2. The van der Waals surface area contributed by atoms with Crippen molar-refractivity contribution in [2.75, 3.05) is 24.2 Å². The zero-order valence-electron chi connectivity index (χ0n) is 13.9. The van der Waals surface area contributed by atoms with Crippen LogP contribution in [-0.2, 0) is 4.79 Å². The minimum absolute atomic E-state index is 0.152. The lowest BCUT2D eigenvalue weighted by molar-refractivity contribution is -0.114. The third-order valence-corrected chi connectivity index (χ3v) is 3.89. The first kappa shape index (κ1) is 16.5. The molecule has 3 aromatic rings. The van der Waals surface area contributed by atoms with Crippen molar-refractivity contribution in [1.82, 2.24) is 5.32 Å². The van der Waals surface area contributed by atoms with Crippen molar-refractivity contribution in [3.63, 3.8) is 0 Å². The summed E-state index contributed by atoms with van der Waals surface area (Å²) >= 11 is 0. The number of rotatable bonds is 5. The van der Waals surface area contributed by atoms with Gasteiger partial charge >= 0.3 is 0 Å². The fourth-order valence-electron chi connectivity index (χ4n) is 2.61. The van der Waals surface area contributed by atoms with Crippen LogP contribution >= 0.6 is 0 Å². The lowest BCUT2D eigenvalue weighted by Gasteiger charge is -2.10. The Hall–Kier alpha value is -3.34. The molecule has 0 aliphatic carbocycles. The van der Waals surface area contributed by atoms with Crippen LogP contribution in [0.4, 0.5) is 11.4 Å². The van der Waals surface area contributed by atoms with Crippen LogP contribution in [0.2, 0.25) is 0 Å². The summed E-state index contributed by atoms with van der Waals surface area (Å²) in [5.74, 6) is -0.309. The molecule has 5 heteroatoms. The molecule has 0 radical (unpaired) electrons. The second-order valence-corrected chi connectivity index (χ2v) is 5.58. The number of benzene rings is 3. The zero-order valence-corrected chi connectivity index (χ0v) is 13.9. The number of anilines is 2. The minimum Gasteiger partial charge on any atom is -0.376 e. The van der Waals surface area contributed by atoms with Crippen molar-refractivity contribution in [3.8, 4) is 0 Å². The highest BCUT2D eigenvalue weighted by Crippen LogP contribution is 2.22. The quantitative estimate of drug-likeness (QED) is 0.671. The Bertz CT molecular complexity index is 899. The van der Waals surface area contributed by atoms with Gasteiger partial charge in [-0.05, 0) is 35.7 Å². The van der Waals surface area contributed by atoms with Crippen LogP contribution in [0.1, 0.15) is 10.4 Å². The summed E-state index contributed by atoms with van der Waals surface area (Å²) in [6.07, 6.45) is 0. The first-order valence-electron chi connectivity index (χ1n) is 8.01. The predicted molar refractivity (Wildman–Crippen MR) is 101 cm³/mol. The lowest BCUT2D eigenvalue weighted by atomic mass is 10.1. The van der Waals surface area contributed by atoms with E-state index in [0.717, 1.165) is 16.5 Å². The molecule has 3 N–H and O–H groups in total. The molecule has 2 amide bonds. The predicted octanol–water partition coefficient (Wildman–Crippen LogP) is 3.25. The summed E-state index contributed by atoms with van der Waals surface area (Å²) < 4.78 is 0. The van der Waals surface area contributed by atoms with Gasteiger partial charge in [0.05, 0.1) is 6.54 Å². The van der Waals surface area contributed by atoms with Gasteiger partial charge in [-0.25, -0.2) is 0 Å². The Kier molecular flexibility index (Phi) is 4.95. The van der Waals surface area contributed by atoms with Crippen LogP contribution in [-0.4, -0.2) is 25.4 Å². The van der Waals surface area contributed by atoms with E-state index in [-0.39, 0.29) is 18.4 Å². The number of fused-ring (bicyclic) bond motifs is 1. The molecular weight excluding hydrogens is 314 g/mol. The second kappa shape index (κ2) is 7.49. The summed E-state index contributed by atoms with van der Waals surface area (Å²) in [6.45, 7) is 0.158. The van der Waals surface area contributed by atoms with Crippen molar-refractivity contribution in [3.05, 3.63) is 72.3 Å². The van der Waals surface area contributed by atoms with Gasteiger partial charge in [-0.3, -0.25) is 9.59 Å². The van der Waals surface area contributed by atoms with E-state index >= 15 is 0 Å². The molecule has 0 aliphatic heterocycles. The maximum Gasteiger partial charge on any atom is 0.251 e. The number of hydrogen-bond acceptors (Lipinski definition) is 3. The molecule has 0 saturated heterocycles. The largest absolute Gasteiger partial charge is 0.376 e. The summed E-state index contributed by atoms with van der Waals surface area (Å²) in [5, 5.41) is 10.7. The highest BCUT2D eigenvalue weighted by Gasteiger charge is 2.06. The van der Waals surface area contributed by atoms with Gasteiger partial charge in [-0.1, -0.05) is 36.4 Å². The fraction of sp³-hybridized carbons (Fsp3) is 0.100. The van der Waals surface area contributed by atoms with Crippen LogP contribution < -0.4 is 16.0 Å². The molecule has 0 saturated carbocycles. The molecule has 0 spiro atoms. The zero-order chi connectivity index (χ0) is 17.6. The average molecular weight is 333 g/mol. The number of hydrogen-bond donors (Lipinski definition) is 3. The first-order valence-corrected chi connectivity index (χ1v) is 8.01. The highest BCUT2D eigenvalue weighted by atomic mass is 16.2. The second-order valence-electron chi connectivity index (χ2n) is 5.58. The SMILES string of the molecule is CNC(=O)c1ccc(NC(=O)CNc2cccc3ccccc23)cc1. The maximum atomic E-state index is 12.1. The van der Waals surface area contributed by atoms with E-state index < -0.39 is 0 Å². The van der Waals surface area contributed by atoms with E-state index in [2.05, 4.69) is 16.0 Å².